The van der Waals surface area contributed by atoms with E-state index in [9.17, 15) is 9.18 Å². The largest absolute Gasteiger partial charge is 0.348 e. The molecule has 0 fully saturated rings. The standard InChI is InChI=1S/C21H21FN4OS/c1-13(20(27)23-18-12-6-8-14-7-2-3-9-15(14)18)28-21-24-19(25-26-21)16-10-4-5-11-17(16)22/h2-5,7,9-11,13,18H,6,8,12H2,1H3,(H,23,27)(H,24,25,26)/t13-,18-/m1/s1. The fourth-order valence-electron chi connectivity index (χ4n) is 3.48. The van der Waals surface area contributed by atoms with Crippen LogP contribution in [0.25, 0.3) is 11.4 Å². The van der Waals surface area contributed by atoms with Gasteiger partial charge in [-0.3, -0.25) is 9.89 Å². The number of aromatic amines is 1. The van der Waals surface area contributed by atoms with Crippen LogP contribution in [0.5, 0.6) is 0 Å². The van der Waals surface area contributed by atoms with Crippen LogP contribution >= 0.6 is 11.8 Å². The van der Waals surface area contributed by atoms with Crippen LogP contribution in [0.1, 0.15) is 36.9 Å². The molecule has 2 N–H and O–H groups in total. The molecule has 2 atom stereocenters. The number of nitrogens with one attached hydrogen (secondary N) is 2. The van der Waals surface area contributed by atoms with Crippen molar-refractivity contribution < 1.29 is 9.18 Å². The fraction of sp³-hybridized carbons (Fsp3) is 0.286. The lowest BCUT2D eigenvalue weighted by Crippen LogP contribution is -2.35. The number of aryl methyl sites for hydroxylation is 1. The highest BCUT2D eigenvalue weighted by atomic mass is 32.2. The lowest BCUT2D eigenvalue weighted by molar-refractivity contribution is -0.121. The lowest BCUT2D eigenvalue weighted by atomic mass is 9.88. The van der Waals surface area contributed by atoms with Gasteiger partial charge >= 0.3 is 0 Å². The first-order chi connectivity index (χ1) is 13.6. The molecule has 144 valence electrons. The molecule has 0 unspecified atom stereocenters. The highest BCUT2D eigenvalue weighted by Gasteiger charge is 2.25. The van der Waals surface area contributed by atoms with Gasteiger partial charge in [0.1, 0.15) is 5.82 Å². The normalized spacial score (nSPS) is 17.0. The second-order valence-corrected chi connectivity index (χ2v) is 8.17. The van der Waals surface area contributed by atoms with Crippen molar-refractivity contribution in [3.8, 4) is 11.4 Å². The first-order valence-corrected chi connectivity index (χ1v) is 10.2. The van der Waals surface area contributed by atoms with Gasteiger partial charge < -0.3 is 5.32 Å². The molecule has 0 bridgehead atoms. The maximum atomic E-state index is 13.9. The Morgan fingerprint density at radius 2 is 2.04 bits per heavy atom. The number of fused-ring (bicyclic) bond motifs is 1. The predicted molar refractivity (Wildman–Crippen MR) is 107 cm³/mol. The number of nitrogens with zero attached hydrogens (tertiary/aromatic N) is 2. The minimum absolute atomic E-state index is 0.0432. The average Bonchev–Trinajstić information content (AvgIpc) is 3.16. The molecule has 0 spiro atoms. The van der Waals surface area contributed by atoms with Gasteiger partial charge in [-0.15, -0.1) is 5.10 Å². The van der Waals surface area contributed by atoms with Crippen LogP contribution in [0.4, 0.5) is 4.39 Å². The van der Waals surface area contributed by atoms with Crippen molar-refractivity contribution in [2.45, 2.75) is 42.6 Å². The predicted octanol–water partition coefficient (Wildman–Crippen LogP) is 4.29. The summed E-state index contributed by atoms with van der Waals surface area (Å²) in [6.07, 6.45) is 3.07. The summed E-state index contributed by atoms with van der Waals surface area (Å²) >= 11 is 1.25. The van der Waals surface area contributed by atoms with Crippen LogP contribution in [-0.2, 0) is 11.2 Å². The molecular formula is C21H21FN4OS. The van der Waals surface area contributed by atoms with E-state index < -0.39 is 0 Å². The van der Waals surface area contributed by atoms with Crippen molar-refractivity contribution in [1.82, 2.24) is 20.5 Å². The SMILES string of the molecule is C[C@@H](Sc1n[nH]c(-c2ccccc2F)n1)C(=O)N[C@@H]1CCCc2ccccc21. The molecule has 0 aliphatic heterocycles. The summed E-state index contributed by atoms with van der Waals surface area (Å²) in [6.45, 7) is 1.83. The quantitative estimate of drug-likeness (QED) is 0.632. The first kappa shape index (κ1) is 18.7. The maximum Gasteiger partial charge on any atom is 0.233 e. The Bertz CT molecular complexity index is 990. The summed E-state index contributed by atoms with van der Waals surface area (Å²) < 4.78 is 13.9. The first-order valence-electron chi connectivity index (χ1n) is 9.34. The van der Waals surface area contributed by atoms with E-state index in [0.29, 0.717) is 16.5 Å². The summed E-state index contributed by atoms with van der Waals surface area (Å²) in [5.41, 5.74) is 2.87. The Kier molecular flexibility index (Phi) is 5.43. The second kappa shape index (κ2) is 8.14. The van der Waals surface area contributed by atoms with E-state index in [2.05, 4.69) is 32.6 Å². The summed E-state index contributed by atoms with van der Waals surface area (Å²) in [5, 5.41) is 10.1. The Hall–Kier alpha value is -2.67. The van der Waals surface area contributed by atoms with E-state index >= 15 is 0 Å². The van der Waals surface area contributed by atoms with E-state index in [0.717, 1.165) is 19.3 Å². The molecule has 1 amide bonds. The number of carbonyl (C=O) groups excluding carboxylic acids is 1. The van der Waals surface area contributed by atoms with E-state index in [-0.39, 0.29) is 23.0 Å². The van der Waals surface area contributed by atoms with Gasteiger partial charge in [0.2, 0.25) is 11.1 Å². The van der Waals surface area contributed by atoms with Gasteiger partial charge in [0, 0.05) is 0 Å². The lowest BCUT2D eigenvalue weighted by Gasteiger charge is -2.27. The molecule has 4 rings (SSSR count). The third-order valence-corrected chi connectivity index (χ3v) is 5.89. The van der Waals surface area contributed by atoms with Crippen LogP contribution in [0.15, 0.2) is 53.7 Å². The highest BCUT2D eigenvalue weighted by Crippen LogP contribution is 2.30. The van der Waals surface area contributed by atoms with Crippen LogP contribution in [0, 0.1) is 5.82 Å². The number of halogens is 1. The molecule has 5 nitrogen and oxygen atoms in total. The number of amides is 1. The third kappa shape index (κ3) is 3.94. The number of aromatic nitrogens is 3. The van der Waals surface area contributed by atoms with Crippen LogP contribution in [-0.4, -0.2) is 26.3 Å². The van der Waals surface area contributed by atoms with E-state index in [4.69, 9.17) is 0 Å². The molecule has 0 saturated heterocycles. The Morgan fingerprint density at radius 3 is 2.89 bits per heavy atom. The van der Waals surface area contributed by atoms with E-state index in [1.807, 2.05) is 19.1 Å². The number of carbonyl (C=O) groups is 1. The average molecular weight is 396 g/mol. The van der Waals surface area contributed by atoms with Crippen molar-refractivity contribution >= 4 is 17.7 Å². The molecule has 1 aliphatic rings. The summed E-state index contributed by atoms with van der Waals surface area (Å²) in [6, 6.07) is 14.7. The molecule has 7 heteroatoms. The summed E-state index contributed by atoms with van der Waals surface area (Å²) in [7, 11) is 0. The van der Waals surface area contributed by atoms with E-state index in [1.165, 1.54) is 29.0 Å². The molecule has 3 aromatic rings. The molecule has 0 radical (unpaired) electrons. The van der Waals surface area contributed by atoms with Gasteiger partial charge in [-0.25, -0.2) is 9.37 Å². The summed E-state index contributed by atoms with van der Waals surface area (Å²) in [5.74, 6) is -0.0599. The fourth-order valence-corrected chi connectivity index (χ4v) is 4.21. The highest BCUT2D eigenvalue weighted by molar-refractivity contribution is 8.00. The van der Waals surface area contributed by atoms with Gasteiger partial charge in [0.15, 0.2) is 5.82 Å². The van der Waals surface area contributed by atoms with Gasteiger partial charge in [0.05, 0.1) is 16.9 Å². The number of hydrogen-bond donors (Lipinski definition) is 2. The van der Waals surface area contributed by atoms with Crippen molar-refractivity contribution in [3.05, 3.63) is 65.5 Å². The minimum Gasteiger partial charge on any atom is -0.348 e. The molecule has 28 heavy (non-hydrogen) atoms. The number of benzene rings is 2. The zero-order valence-electron chi connectivity index (χ0n) is 15.5. The van der Waals surface area contributed by atoms with Gasteiger partial charge in [0.25, 0.3) is 0 Å². The molecular weight excluding hydrogens is 375 g/mol. The summed E-state index contributed by atoms with van der Waals surface area (Å²) in [4.78, 5) is 17.0. The zero-order chi connectivity index (χ0) is 19.5. The molecule has 0 saturated carbocycles. The smallest absolute Gasteiger partial charge is 0.233 e. The monoisotopic (exact) mass is 396 g/mol. The zero-order valence-corrected chi connectivity index (χ0v) is 16.3. The molecule has 2 aromatic carbocycles. The number of thioether (sulfide) groups is 1. The van der Waals surface area contributed by atoms with E-state index in [1.54, 1.807) is 18.2 Å². The minimum atomic E-state index is -0.364. The Labute approximate surface area is 167 Å². The Balaban J connectivity index is 1.41. The van der Waals surface area contributed by atoms with Crippen molar-refractivity contribution in [3.63, 3.8) is 0 Å². The maximum absolute atomic E-state index is 13.9. The van der Waals surface area contributed by atoms with Gasteiger partial charge in [-0.05, 0) is 49.4 Å². The van der Waals surface area contributed by atoms with Crippen molar-refractivity contribution in [2.75, 3.05) is 0 Å². The Morgan fingerprint density at radius 1 is 1.25 bits per heavy atom. The number of hydrogen-bond acceptors (Lipinski definition) is 4. The van der Waals surface area contributed by atoms with Crippen molar-refractivity contribution in [1.29, 1.82) is 0 Å². The molecule has 1 aromatic heterocycles. The molecule has 1 aliphatic carbocycles. The van der Waals surface area contributed by atoms with Crippen LogP contribution in [0.3, 0.4) is 0 Å². The van der Waals surface area contributed by atoms with Gasteiger partial charge in [-0.1, -0.05) is 48.2 Å². The topological polar surface area (TPSA) is 70.7 Å². The second-order valence-electron chi connectivity index (χ2n) is 6.86. The van der Waals surface area contributed by atoms with Gasteiger partial charge in [-0.2, -0.15) is 0 Å². The third-order valence-electron chi connectivity index (χ3n) is 4.93. The van der Waals surface area contributed by atoms with Crippen LogP contribution < -0.4 is 5.32 Å². The number of H-pyrrole nitrogens is 1. The van der Waals surface area contributed by atoms with Crippen LogP contribution in [0.2, 0.25) is 0 Å². The number of rotatable bonds is 5. The van der Waals surface area contributed by atoms with Crippen molar-refractivity contribution in [2.24, 2.45) is 0 Å². The molecule has 1 heterocycles.